The van der Waals surface area contributed by atoms with Gasteiger partial charge >= 0.3 is 0 Å². The molecular weight excluding hydrogens is 153 g/mol. The van der Waals surface area contributed by atoms with Crippen molar-refractivity contribution < 1.29 is 4.39 Å². The standard InChI is InChI=1S/C10H22FN/c1-7-8(12(5)6)9(11)10(2,3)4/h8-9H,7H2,1-6H3/t8-,9?/m0/s1. The van der Waals surface area contributed by atoms with Crippen molar-refractivity contribution in [1.82, 2.24) is 4.90 Å². The van der Waals surface area contributed by atoms with E-state index in [4.69, 9.17) is 0 Å². The SMILES string of the molecule is CC[C@@H](C(F)C(C)(C)C)N(C)C. The number of hydrogen-bond donors (Lipinski definition) is 0. The molecular formula is C10H22FN. The smallest absolute Gasteiger partial charge is 0.120 e. The van der Waals surface area contributed by atoms with E-state index < -0.39 is 6.17 Å². The van der Waals surface area contributed by atoms with Crippen LogP contribution in [0.1, 0.15) is 34.1 Å². The molecule has 0 aromatic heterocycles. The minimum Gasteiger partial charge on any atom is -0.304 e. The van der Waals surface area contributed by atoms with Gasteiger partial charge in [0.15, 0.2) is 0 Å². The zero-order valence-electron chi connectivity index (χ0n) is 9.19. The molecule has 0 bridgehead atoms. The lowest BCUT2D eigenvalue weighted by Gasteiger charge is -2.34. The molecule has 0 saturated heterocycles. The molecule has 0 fully saturated rings. The number of nitrogens with zero attached hydrogens (tertiary/aromatic N) is 1. The summed E-state index contributed by atoms with van der Waals surface area (Å²) in [6.07, 6.45) is 0.114. The van der Waals surface area contributed by atoms with Crippen molar-refractivity contribution in [2.45, 2.75) is 46.3 Å². The van der Waals surface area contributed by atoms with Crippen LogP contribution in [0.3, 0.4) is 0 Å². The van der Waals surface area contributed by atoms with Crippen molar-refractivity contribution >= 4 is 0 Å². The van der Waals surface area contributed by atoms with Gasteiger partial charge in [-0.05, 0) is 25.9 Å². The maximum Gasteiger partial charge on any atom is 0.120 e. The molecule has 0 N–H and O–H groups in total. The van der Waals surface area contributed by atoms with Crippen LogP contribution in [0.2, 0.25) is 0 Å². The summed E-state index contributed by atoms with van der Waals surface area (Å²) < 4.78 is 13.8. The van der Waals surface area contributed by atoms with E-state index in [0.29, 0.717) is 0 Å². The van der Waals surface area contributed by atoms with Gasteiger partial charge < -0.3 is 4.90 Å². The molecule has 74 valence electrons. The molecule has 0 aliphatic carbocycles. The van der Waals surface area contributed by atoms with E-state index in [1.54, 1.807) is 0 Å². The summed E-state index contributed by atoms with van der Waals surface area (Å²) in [7, 11) is 3.87. The van der Waals surface area contributed by atoms with Gasteiger partial charge in [-0.25, -0.2) is 4.39 Å². The van der Waals surface area contributed by atoms with Crippen LogP contribution in [0.5, 0.6) is 0 Å². The summed E-state index contributed by atoms with van der Waals surface area (Å²) in [5.41, 5.74) is -0.245. The fourth-order valence-electron chi connectivity index (χ4n) is 1.41. The average Bonchev–Trinajstić information content (AvgIpc) is 1.86. The predicted octanol–water partition coefficient (Wildman–Crippen LogP) is 2.71. The molecule has 12 heavy (non-hydrogen) atoms. The Hall–Kier alpha value is -0.110. The van der Waals surface area contributed by atoms with E-state index in [0.717, 1.165) is 6.42 Å². The second kappa shape index (κ2) is 4.22. The monoisotopic (exact) mass is 175 g/mol. The van der Waals surface area contributed by atoms with Crippen LogP contribution >= 0.6 is 0 Å². The zero-order valence-corrected chi connectivity index (χ0v) is 9.19. The van der Waals surface area contributed by atoms with E-state index in [9.17, 15) is 4.39 Å². The van der Waals surface area contributed by atoms with E-state index in [2.05, 4.69) is 0 Å². The molecule has 0 amide bonds. The molecule has 0 rings (SSSR count). The van der Waals surface area contributed by atoms with Gasteiger partial charge in [0.25, 0.3) is 0 Å². The minimum atomic E-state index is -0.752. The van der Waals surface area contributed by atoms with Crippen molar-refractivity contribution in [3.05, 3.63) is 0 Å². The van der Waals surface area contributed by atoms with Crippen LogP contribution < -0.4 is 0 Å². The molecule has 2 heteroatoms. The third-order valence-corrected chi connectivity index (χ3v) is 2.25. The second-order valence-corrected chi connectivity index (χ2v) is 4.71. The lowest BCUT2D eigenvalue weighted by atomic mass is 9.84. The lowest BCUT2D eigenvalue weighted by Crippen LogP contribution is -2.42. The van der Waals surface area contributed by atoms with Crippen molar-refractivity contribution in [2.24, 2.45) is 5.41 Å². The molecule has 2 atom stereocenters. The van der Waals surface area contributed by atoms with Crippen LogP contribution in [0.25, 0.3) is 0 Å². The van der Waals surface area contributed by atoms with E-state index in [1.165, 1.54) is 0 Å². The van der Waals surface area contributed by atoms with Gasteiger partial charge in [0.05, 0.1) is 0 Å². The first-order chi connectivity index (χ1) is 5.30. The van der Waals surface area contributed by atoms with Crippen LogP contribution in [0.15, 0.2) is 0 Å². The highest BCUT2D eigenvalue weighted by atomic mass is 19.1. The fraction of sp³-hybridized carbons (Fsp3) is 1.00. The Labute approximate surface area is 75.9 Å². The molecule has 1 unspecified atom stereocenters. The number of hydrogen-bond acceptors (Lipinski definition) is 1. The third kappa shape index (κ3) is 3.10. The van der Waals surface area contributed by atoms with Crippen LogP contribution in [0.4, 0.5) is 4.39 Å². The van der Waals surface area contributed by atoms with Crippen LogP contribution in [-0.2, 0) is 0 Å². The largest absolute Gasteiger partial charge is 0.304 e. The number of halogens is 1. The van der Waals surface area contributed by atoms with Crippen LogP contribution in [0, 0.1) is 5.41 Å². The van der Waals surface area contributed by atoms with Gasteiger partial charge in [-0.15, -0.1) is 0 Å². The molecule has 0 aliphatic heterocycles. The Kier molecular flexibility index (Phi) is 4.18. The molecule has 0 spiro atoms. The average molecular weight is 175 g/mol. The first kappa shape index (κ1) is 11.9. The fourth-order valence-corrected chi connectivity index (χ4v) is 1.41. The Bertz CT molecular complexity index is 126. The highest BCUT2D eigenvalue weighted by Crippen LogP contribution is 2.27. The number of rotatable bonds is 3. The van der Waals surface area contributed by atoms with Crippen molar-refractivity contribution in [2.75, 3.05) is 14.1 Å². The Balaban J connectivity index is 4.32. The molecule has 0 aromatic carbocycles. The van der Waals surface area contributed by atoms with Crippen molar-refractivity contribution in [3.8, 4) is 0 Å². The maximum absolute atomic E-state index is 13.8. The van der Waals surface area contributed by atoms with E-state index in [-0.39, 0.29) is 11.5 Å². The highest BCUT2D eigenvalue weighted by molar-refractivity contribution is 4.84. The summed E-state index contributed by atoms with van der Waals surface area (Å²) in [5.74, 6) is 0. The summed E-state index contributed by atoms with van der Waals surface area (Å²) in [6.45, 7) is 7.88. The van der Waals surface area contributed by atoms with Gasteiger partial charge in [-0.3, -0.25) is 0 Å². The Morgan fingerprint density at radius 1 is 1.25 bits per heavy atom. The lowest BCUT2D eigenvalue weighted by molar-refractivity contribution is 0.0654. The minimum absolute atomic E-state index is 0.0463. The summed E-state index contributed by atoms with van der Waals surface area (Å²) >= 11 is 0. The normalized spacial score (nSPS) is 18.0. The quantitative estimate of drug-likeness (QED) is 0.637. The third-order valence-electron chi connectivity index (χ3n) is 2.25. The van der Waals surface area contributed by atoms with Gasteiger partial charge in [-0.1, -0.05) is 27.7 Å². The summed E-state index contributed by atoms with van der Waals surface area (Å²) in [6, 6.07) is 0.0463. The van der Waals surface area contributed by atoms with Crippen molar-refractivity contribution in [3.63, 3.8) is 0 Å². The first-order valence-corrected chi connectivity index (χ1v) is 4.61. The van der Waals surface area contributed by atoms with E-state index in [1.807, 2.05) is 46.7 Å². The second-order valence-electron chi connectivity index (χ2n) is 4.71. The molecule has 1 nitrogen and oxygen atoms in total. The van der Waals surface area contributed by atoms with Crippen molar-refractivity contribution in [1.29, 1.82) is 0 Å². The summed E-state index contributed by atoms with van der Waals surface area (Å²) in [5, 5.41) is 0. The summed E-state index contributed by atoms with van der Waals surface area (Å²) in [4.78, 5) is 1.97. The van der Waals surface area contributed by atoms with Gasteiger partial charge in [0, 0.05) is 6.04 Å². The highest BCUT2D eigenvalue weighted by Gasteiger charge is 2.32. The molecule has 0 heterocycles. The maximum atomic E-state index is 13.8. The van der Waals surface area contributed by atoms with Gasteiger partial charge in [-0.2, -0.15) is 0 Å². The Morgan fingerprint density at radius 3 is 1.75 bits per heavy atom. The zero-order chi connectivity index (χ0) is 9.94. The molecule has 0 radical (unpaired) electrons. The van der Waals surface area contributed by atoms with Gasteiger partial charge in [0.1, 0.15) is 6.17 Å². The van der Waals surface area contributed by atoms with Gasteiger partial charge in [0.2, 0.25) is 0 Å². The molecule has 0 saturated carbocycles. The molecule has 0 aromatic rings. The predicted molar refractivity (Wildman–Crippen MR) is 52.1 cm³/mol. The molecule has 0 aliphatic rings. The topological polar surface area (TPSA) is 3.24 Å². The van der Waals surface area contributed by atoms with E-state index >= 15 is 0 Å². The van der Waals surface area contributed by atoms with Crippen LogP contribution in [-0.4, -0.2) is 31.2 Å². The first-order valence-electron chi connectivity index (χ1n) is 4.61. The number of alkyl halides is 1. The Morgan fingerprint density at radius 2 is 1.67 bits per heavy atom.